The van der Waals surface area contributed by atoms with Gasteiger partial charge in [0.15, 0.2) is 0 Å². The van der Waals surface area contributed by atoms with Crippen molar-refractivity contribution in [1.82, 2.24) is 4.90 Å². The minimum atomic E-state index is -0.890. The first-order valence-electron chi connectivity index (χ1n) is 11.2. The molecule has 2 aliphatic heterocycles. The van der Waals surface area contributed by atoms with Gasteiger partial charge in [-0.2, -0.15) is 5.26 Å². The summed E-state index contributed by atoms with van der Waals surface area (Å²) in [6.45, 7) is 3.86. The fraction of sp³-hybridized carbons (Fsp3) is 0.542. The van der Waals surface area contributed by atoms with E-state index in [-0.39, 0.29) is 41.3 Å². The second kappa shape index (κ2) is 9.56. The molecule has 2 atom stereocenters. The van der Waals surface area contributed by atoms with Gasteiger partial charge in [0.1, 0.15) is 5.75 Å². The summed E-state index contributed by atoms with van der Waals surface area (Å²) < 4.78 is 5.94. The minimum absolute atomic E-state index is 0. The standard InChI is InChI=1S/C24H27N3O4.Na/c25-10-15-3-6-20-18(9-15)19-12-27(11-16(19)13-31-20)8-7-14-1-4-17(5-2-14)26-21-22(28)24(30)23(21)29;/h3,6,9,14,16-17,19,26,28H,1-2,4-5,7-8,11-13H2;/q;+1/p-1/t14-,16-,17-,19+;/m0./s1. The minimum Gasteiger partial charge on any atom is -0.868 e. The second-order valence-corrected chi connectivity index (χ2v) is 9.31. The number of benzene rings is 1. The molecule has 7 nitrogen and oxygen atoms in total. The Balaban J connectivity index is 0.00000245. The van der Waals surface area contributed by atoms with E-state index in [1.165, 1.54) is 5.56 Å². The van der Waals surface area contributed by atoms with Crippen molar-refractivity contribution in [3.8, 4) is 17.6 Å². The Morgan fingerprint density at radius 3 is 2.66 bits per heavy atom. The van der Waals surface area contributed by atoms with E-state index in [1.807, 2.05) is 18.2 Å². The average Bonchev–Trinajstić information content (AvgIpc) is 3.24. The molecule has 1 N–H and O–H groups in total. The number of rotatable bonds is 5. The molecular weight excluding hydrogens is 417 g/mol. The third kappa shape index (κ3) is 4.34. The molecule has 1 saturated heterocycles. The van der Waals surface area contributed by atoms with E-state index in [2.05, 4.69) is 16.3 Å². The normalized spacial score (nSPS) is 27.0. The number of hydrogen-bond acceptors (Lipinski definition) is 7. The molecule has 2 fully saturated rings. The first kappa shape index (κ1) is 23.3. The maximum absolute atomic E-state index is 11.5. The summed E-state index contributed by atoms with van der Waals surface area (Å²) in [6.07, 6.45) is 5.13. The zero-order chi connectivity index (χ0) is 21.5. The molecule has 5 rings (SSSR count). The second-order valence-electron chi connectivity index (χ2n) is 9.31. The number of nitriles is 1. The first-order valence-corrected chi connectivity index (χ1v) is 11.2. The molecule has 2 heterocycles. The molecule has 1 aliphatic carbocycles. The van der Waals surface area contributed by atoms with Gasteiger partial charge in [0.2, 0.25) is 10.9 Å². The molecule has 32 heavy (non-hydrogen) atoms. The molecule has 0 amide bonds. The number of nitrogens with one attached hydrogen (secondary N) is 1. The largest absolute Gasteiger partial charge is 1.00 e. The third-order valence-corrected chi connectivity index (χ3v) is 7.42. The van der Waals surface area contributed by atoms with Crippen LogP contribution in [0, 0.1) is 23.2 Å². The molecule has 8 heteroatoms. The van der Waals surface area contributed by atoms with Gasteiger partial charge >= 0.3 is 29.6 Å². The Hall–Kier alpha value is -1.85. The van der Waals surface area contributed by atoms with Crippen molar-refractivity contribution in [1.29, 1.82) is 5.26 Å². The Kier molecular flexibility index (Phi) is 6.97. The molecule has 162 valence electrons. The fourth-order valence-electron chi connectivity index (χ4n) is 5.57. The van der Waals surface area contributed by atoms with Gasteiger partial charge in [-0.05, 0) is 68.5 Å². The number of anilines is 1. The molecule has 0 unspecified atom stereocenters. The van der Waals surface area contributed by atoms with Gasteiger partial charge in [-0.25, -0.2) is 0 Å². The quantitative estimate of drug-likeness (QED) is 0.452. The molecule has 0 bridgehead atoms. The first-order chi connectivity index (χ1) is 15.0. The summed E-state index contributed by atoms with van der Waals surface area (Å²) in [5.41, 5.74) is 0.324. The zero-order valence-corrected chi connectivity index (χ0v) is 20.4. The summed E-state index contributed by atoms with van der Waals surface area (Å²) in [4.78, 5) is 25.1. The maximum atomic E-state index is 11.5. The molecule has 2 aromatic rings. The summed E-state index contributed by atoms with van der Waals surface area (Å²) in [5.74, 6) is 1.84. The van der Waals surface area contributed by atoms with Crippen LogP contribution in [0.15, 0.2) is 27.8 Å². The molecule has 0 radical (unpaired) electrons. The van der Waals surface area contributed by atoms with Crippen molar-refractivity contribution < 1.29 is 39.4 Å². The van der Waals surface area contributed by atoms with Gasteiger partial charge in [-0.3, -0.25) is 9.59 Å². The number of ether oxygens (including phenoxy) is 1. The predicted molar refractivity (Wildman–Crippen MR) is 114 cm³/mol. The van der Waals surface area contributed by atoms with Crippen LogP contribution >= 0.6 is 0 Å². The Bertz CT molecular complexity index is 1100. The Labute approximate surface area is 209 Å². The smallest absolute Gasteiger partial charge is 0.868 e. The Morgan fingerprint density at radius 1 is 1.16 bits per heavy atom. The van der Waals surface area contributed by atoms with Crippen molar-refractivity contribution in [3.05, 3.63) is 49.8 Å². The third-order valence-electron chi connectivity index (χ3n) is 7.42. The molecule has 0 spiro atoms. The van der Waals surface area contributed by atoms with Crippen LogP contribution < -0.4 is 55.6 Å². The van der Waals surface area contributed by atoms with Crippen LogP contribution in [0.1, 0.15) is 49.1 Å². The number of likely N-dealkylation sites (tertiary alicyclic amines) is 1. The van der Waals surface area contributed by atoms with Gasteiger partial charge in [-0.15, -0.1) is 0 Å². The SMILES string of the molecule is N#Cc1ccc2c(c1)[C@@H]1CN(CC[C@H]3CC[C@H](Nc4c([O-])c(=O)c4=O)CC3)C[C@H]1CO2.[Na+]. The van der Waals surface area contributed by atoms with E-state index in [0.717, 1.165) is 64.1 Å². The zero-order valence-electron chi connectivity index (χ0n) is 18.4. The number of hydrogen-bond donors (Lipinski definition) is 1. The van der Waals surface area contributed by atoms with Crippen LogP contribution in [-0.2, 0) is 0 Å². The van der Waals surface area contributed by atoms with Crippen LogP contribution in [-0.4, -0.2) is 37.2 Å². The number of fused-ring (bicyclic) bond motifs is 3. The average molecular weight is 443 g/mol. The van der Waals surface area contributed by atoms with Crippen molar-refractivity contribution in [3.63, 3.8) is 0 Å². The van der Waals surface area contributed by atoms with Crippen molar-refractivity contribution in [2.45, 2.75) is 44.1 Å². The van der Waals surface area contributed by atoms with Crippen LogP contribution in [0.5, 0.6) is 11.5 Å². The van der Waals surface area contributed by atoms with Crippen LogP contribution in [0.4, 0.5) is 5.69 Å². The van der Waals surface area contributed by atoms with E-state index in [4.69, 9.17) is 4.74 Å². The molecule has 1 saturated carbocycles. The van der Waals surface area contributed by atoms with Crippen LogP contribution in [0.25, 0.3) is 0 Å². The molecular formula is C24H26N3NaO4. The van der Waals surface area contributed by atoms with Crippen molar-refractivity contribution in [2.24, 2.45) is 11.8 Å². The van der Waals surface area contributed by atoms with Crippen LogP contribution in [0.2, 0.25) is 0 Å². The summed E-state index contributed by atoms with van der Waals surface area (Å²) in [6, 6.07) is 8.10. The Morgan fingerprint density at radius 2 is 1.94 bits per heavy atom. The predicted octanol–water partition coefficient (Wildman–Crippen LogP) is -1.30. The van der Waals surface area contributed by atoms with E-state index in [1.54, 1.807) is 0 Å². The molecule has 0 aromatic heterocycles. The van der Waals surface area contributed by atoms with E-state index < -0.39 is 16.6 Å². The van der Waals surface area contributed by atoms with E-state index >= 15 is 0 Å². The van der Waals surface area contributed by atoms with Crippen LogP contribution in [0.3, 0.4) is 0 Å². The monoisotopic (exact) mass is 443 g/mol. The summed E-state index contributed by atoms with van der Waals surface area (Å²) >= 11 is 0. The molecule has 2 aromatic carbocycles. The molecule has 3 aliphatic rings. The summed E-state index contributed by atoms with van der Waals surface area (Å²) in [7, 11) is 0. The van der Waals surface area contributed by atoms with Crippen molar-refractivity contribution in [2.75, 3.05) is 31.6 Å². The van der Waals surface area contributed by atoms with Gasteiger partial charge in [0, 0.05) is 36.5 Å². The van der Waals surface area contributed by atoms with Gasteiger partial charge < -0.3 is 20.1 Å². The van der Waals surface area contributed by atoms with Crippen molar-refractivity contribution >= 4 is 5.69 Å². The van der Waals surface area contributed by atoms with Gasteiger partial charge in [0.05, 0.1) is 23.9 Å². The number of nitrogens with zero attached hydrogens (tertiary/aromatic N) is 2. The van der Waals surface area contributed by atoms with Gasteiger partial charge in [-0.1, -0.05) is 0 Å². The summed E-state index contributed by atoms with van der Waals surface area (Å²) in [5, 5.41) is 23.7. The maximum Gasteiger partial charge on any atom is 1.00 e. The topological polar surface area (TPSA) is 105 Å². The fourth-order valence-corrected chi connectivity index (χ4v) is 5.57. The van der Waals surface area contributed by atoms with Gasteiger partial charge in [0.25, 0.3) is 0 Å². The van der Waals surface area contributed by atoms with E-state index in [9.17, 15) is 20.0 Å². The van der Waals surface area contributed by atoms with E-state index in [0.29, 0.717) is 23.3 Å².